The molecular formula is C35H71OP. The first-order chi connectivity index (χ1) is 18.1. The predicted molar refractivity (Wildman–Crippen MR) is 170 cm³/mol. The third-order valence-corrected chi connectivity index (χ3v) is 9.51. The summed E-state index contributed by atoms with van der Waals surface area (Å²) in [6.45, 7) is 9.51. The van der Waals surface area contributed by atoms with E-state index in [1.165, 1.54) is 180 Å². The first-order valence-corrected chi connectivity index (χ1v) is 18.4. The van der Waals surface area contributed by atoms with Crippen LogP contribution in [-0.4, -0.2) is 6.16 Å². The molecule has 0 aromatic heterocycles. The van der Waals surface area contributed by atoms with Gasteiger partial charge < -0.3 is 0 Å². The lowest BCUT2D eigenvalue weighted by molar-refractivity contribution is 0.191. The van der Waals surface area contributed by atoms with Crippen molar-refractivity contribution in [3.8, 4) is 0 Å². The number of rotatable bonds is 31. The molecule has 0 rings (SSSR count). The fourth-order valence-electron chi connectivity index (χ4n) is 6.33. The Kier molecular flexibility index (Phi) is 29.2. The van der Waals surface area contributed by atoms with Crippen LogP contribution in [0.2, 0.25) is 0 Å². The Morgan fingerprint density at radius 2 is 0.811 bits per heavy atom. The molecule has 0 amide bonds. The number of hydrogen-bond donors (Lipinski definition) is 0. The lowest BCUT2D eigenvalue weighted by Gasteiger charge is -2.33. The maximum absolute atomic E-state index is 11.6. The predicted octanol–water partition coefficient (Wildman–Crippen LogP) is 13.9. The Bertz CT molecular complexity index is 429. The van der Waals surface area contributed by atoms with E-state index in [-0.39, 0.29) is 0 Å². The van der Waals surface area contributed by atoms with Gasteiger partial charge in [0, 0.05) is 6.16 Å². The van der Waals surface area contributed by atoms with Crippen molar-refractivity contribution >= 4 is 8.46 Å². The van der Waals surface area contributed by atoms with Crippen molar-refractivity contribution in [3.63, 3.8) is 0 Å². The van der Waals surface area contributed by atoms with Gasteiger partial charge in [0.1, 0.15) is 0 Å². The molecule has 0 spiro atoms. The highest BCUT2D eigenvalue weighted by molar-refractivity contribution is 7.23. The Balaban J connectivity index is 4.51. The van der Waals surface area contributed by atoms with Crippen LogP contribution in [0.4, 0.5) is 0 Å². The van der Waals surface area contributed by atoms with Gasteiger partial charge >= 0.3 is 0 Å². The van der Waals surface area contributed by atoms with Crippen LogP contribution in [0, 0.1) is 11.3 Å². The maximum Gasteiger partial charge on any atom is 0.155 e. The minimum absolute atomic E-state index is 0.375. The molecule has 2 heteroatoms. The third-order valence-electron chi connectivity index (χ3n) is 8.85. The molecule has 0 fully saturated rings. The molecule has 0 radical (unpaired) electrons. The highest BCUT2D eigenvalue weighted by Gasteiger charge is 2.27. The van der Waals surface area contributed by atoms with Gasteiger partial charge in [0.05, 0.1) is 0 Å². The molecule has 37 heavy (non-hydrogen) atoms. The molecule has 0 N–H and O–H groups in total. The standard InChI is InChI=1S/C35H71OP/c1-5-8-11-14-17-20-23-26-29-34(33-37-36)32-35(4,30-27-24-21-18-15-12-9-6-2)31-28-25-22-19-16-13-10-7-3/h34H,5-33H2,1-4H3. The summed E-state index contributed by atoms with van der Waals surface area (Å²) < 4.78 is 11.6. The average Bonchev–Trinajstić information content (AvgIpc) is 2.89. The van der Waals surface area contributed by atoms with Crippen LogP contribution in [0.3, 0.4) is 0 Å². The minimum Gasteiger partial charge on any atom is -0.275 e. The lowest BCUT2D eigenvalue weighted by Crippen LogP contribution is -2.22. The normalized spacial score (nSPS) is 13.0. The van der Waals surface area contributed by atoms with Crippen molar-refractivity contribution in [2.75, 3.05) is 6.16 Å². The van der Waals surface area contributed by atoms with Crippen molar-refractivity contribution in [1.82, 2.24) is 0 Å². The van der Waals surface area contributed by atoms with Crippen molar-refractivity contribution in [2.45, 2.75) is 207 Å². The molecule has 0 aliphatic rings. The van der Waals surface area contributed by atoms with E-state index in [4.69, 9.17) is 0 Å². The summed E-state index contributed by atoms with van der Waals surface area (Å²) in [4.78, 5) is 0. The summed E-state index contributed by atoms with van der Waals surface area (Å²) in [6, 6.07) is 0. The van der Waals surface area contributed by atoms with Gasteiger partial charge in [-0.2, -0.15) is 0 Å². The molecule has 1 nitrogen and oxygen atoms in total. The SMILES string of the molecule is CCCCCCCCCCC(CP=O)CC(C)(CCCCCCCCCC)CCCCCCCCCC. The zero-order chi connectivity index (χ0) is 27.3. The Morgan fingerprint density at radius 3 is 1.16 bits per heavy atom. The van der Waals surface area contributed by atoms with E-state index in [1.807, 2.05) is 0 Å². The molecule has 0 aliphatic heterocycles. The second-order valence-corrected chi connectivity index (χ2v) is 13.5. The zero-order valence-corrected chi connectivity index (χ0v) is 27.3. The summed E-state index contributed by atoms with van der Waals surface area (Å²) in [7, 11) is 0.375. The summed E-state index contributed by atoms with van der Waals surface area (Å²) in [6.07, 6.45) is 40.0. The van der Waals surface area contributed by atoms with Gasteiger partial charge in [0.2, 0.25) is 0 Å². The molecule has 0 aromatic carbocycles. The van der Waals surface area contributed by atoms with Crippen LogP contribution in [0.1, 0.15) is 207 Å². The van der Waals surface area contributed by atoms with Crippen LogP contribution in [0.25, 0.3) is 0 Å². The molecule has 0 aliphatic carbocycles. The van der Waals surface area contributed by atoms with Gasteiger partial charge in [-0.25, -0.2) is 0 Å². The Labute approximate surface area is 237 Å². The van der Waals surface area contributed by atoms with Crippen LogP contribution in [-0.2, 0) is 4.57 Å². The smallest absolute Gasteiger partial charge is 0.155 e. The van der Waals surface area contributed by atoms with E-state index in [1.54, 1.807) is 0 Å². The highest BCUT2D eigenvalue weighted by atomic mass is 31.1. The highest BCUT2D eigenvalue weighted by Crippen LogP contribution is 2.40. The number of hydrogen-bond acceptors (Lipinski definition) is 1. The zero-order valence-electron chi connectivity index (χ0n) is 26.4. The van der Waals surface area contributed by atoms with Gasteiger partial charge in [0.25, 0.3) is 0 Å². The Morgan fingerprint density at radius 1 is 0.486 bits per heavy atom. The molecule has 0 bridgehead atoms. The van der Waals surface area contributed by atoms with Crippen molar-refractivity contribution in [2.24, 2.45) is 11.3 Å². The van der Waals surface area contributed by atoms with Gasteiger partial charge in [-0.1, -0.05) is 182 Å². The van der Waals surface area contributed by atoms with Gasteiger partial charge in [-0.15, -0.1) is 0 Å². The summed E-state index contributed by atoms with van der Waals surface area (Å²) in [5.74, 6) is 0.660. The minimum atomic E-state index is 0.375. The maximum atomic E-state index is 11.6. The van der Waals surface area contributed by atoms with Crippen LogP contribution in [0.15, 0.2) is 0 Å². The molecule has 0 saturated heterocycles. The fraction of sp³-hybridized carbons (Fsp3) is 1.00. The third kappa shape index (κ3) is 26.1. The van der Waals surface area contributed by atoms with Crippen molar-refractivity contribution in [3.05, 3.63) is 0 Å². The van der Waals surface area contributed by atoms with Crippen molar-refractivity contribution in [1.29, 1.82) is 0 Å². The molecular weight excluding hydrogens is 467 g/mol. The molecule has 0 aromatic rings. The van der Waals surface area contributed by atoms with Gasteiger partial charge in [0.15, 0.2) is 8.46 Å². The van der Waals surface area contributed by atoms with E-state index < -0.39 is 0 Å². The molecule has 1 unspecified atom stereocenters. The molecule has 1 atom stereocenters. The first-order valence-electron chi connectivity index (χ1n) is 17.4. The van der Waals surface area contributed by atoms with E-state index >= 15 is 0 Å². The van der Waals surface area contributed by atoms with Crippen molar-refractivity contribution < 1.29 is 4.57 Å². The largest absolute Gasteiger partial charge is 0.275 e. The van der Waals surface area contributed by atoms with E-state index in [9.17, 15) is 4.57 Å². The molecule has 222 valence electrons. The Hall–Kier alpha value is 0.100. The molecule has 0 saturated carbocycles. The monoisotopic (exact) mass is 539 g/mol. The van der Waals surface area contributed by atoms with Gasteiger partial charge in [-0.3, -0.25) is 4.57 Å². The second-order valence-electron chi connectivity index (χ2n) is 12.9. The number of unbranched alkanes of at least 4 members (excludes halogenated alkanes) is 21. The quantitative estimate of drug-likeness (QED) is 0.0633. The summed E-state index contributed by atoms with van der Waals surface area (Å²) >= 11 is 0. The van der Waals surface area contributed by atoms with E-state index in [0.29, 0.717) is 19.8 Å². The summed E-state index contributed by atoms with van der Waals surface area (Å²) in [5, 5.41) is 0. The topological polar surface area (TPSA) is 17.1 Å². The average molecular weight is 539 g/mol. The van der Waals surface area contributed by atoms with Crippen LogP contribution >= 0.6 is 8.46 Å². The van der Waals surface area contributed by atoms with Crippen LogP contribution in [0.5, 0.6) is 0 Å². The fourth-order valence-corrected chi connectivity index (χ4v) is 6.85. The lowest BCUT2D eigenvalue weighted by atomic mass is 9.73. The first kappa shape index (κ1) is 37.1. The second kappa shape index (κ2) is 29.1. The van der Waals surface area contributed by atoms with E-state index in [0.717, 1.165) is 6.16 Å². The van der Waals surface area contributed by atoms with Gasteiger partial charge in [-0.05, 0) is 37.0 Å². The van der Waals surface area contributed by atoms with Crippen LogP contribution < -0.4 is 0 Å². The molecule has 0 heterocycles. The van der Waals surface area contributed by atoms with E-state index in [2.05, 4.69) is 27.7 Å². The summed E-state index contributed by atoms with van der Waals surface area (Å²) in [5.41, 5.74) is 0.458.